The Kier molecular flexibility index (Phi) is 1.53. The highest BCUT2D eigenvalue weighted by atomic mass is 16.2. The molecule has 0 aromatic rings. The minimum atomic E-state index is -0.180. The van der Waals surface area contributed by atoms with E-state index in [9.17, 15) is 9.59 Å². The van der Waals surface area contributed by atoms with Crippen molar-refractivity contribution in [3.63, 3.8) is 0 Å². The summed E-state index contributed by atoms with van der Waals surface area (Å²) in [4.78, 5) is 21.9. The molecule has 3 nitrogen and oxygen atoms in total. The minimum Gasteiger partial charge on any atom is -0.313 e. The molecule has 1 saturated heterocycles. The second-order valence-corrected chi connectivity index (χ2v) is 3.36. The fourth-order valence-corrected chi connectivity index (χ4v) is 1.97. The standard InChI is InChI=1S/C8H11NO2/c10-7-3-5-1-2-9-6(5)4-8(7)11/h5-6,9H,1-4H2. The van der Waals surface area contributed by atoms with Gasteiger partial charge in [0, 0.05) is 18.9 Å². The molecular weight excluding hydrogens is 142 g/mol. The predicted octanol–water partition coefficient (Wildman–Crippen LogP) is -0.104. The molecular formula is C8H11NO2. The van der Waals surface area contributed by atoms with Crippen LogP contribution < -0.4 is 5.32 Å². The van der Waals surface area contributed by atoms with Crippen LogP contribution in [0.1, 0.15) is 19.3 Å². The molecule has 1 aliphatic heterocycles. The molecule has 1 aliphatic carbocycles. The SMILES string of the molecule is O=C1CC2CCNC2CC1=O. The molecule has 2 fully saturated rings. The van der Waals surface area contributed by atoms with Gasteiger partial charge in [0.15, 0.2) is 11.6 Å². The van der Waals surface area contributed by atoms with Gasteiger partial charge in [-0.25, -0.2) is 0 Å². The Bertz CT molecular complexity index is 190. The molecule has 0 radical (unpaired) electrons. The first-order valence-electron chi connectivity index (χ1n) is 4.07. The van der Waals surface area contributed by atoms with E-state index in [-0.39, 0.29) is 11.6 Å². The van der Waals surface area contributed by atoms with Gasteiger partial charge >= 0.3 is 0 Å². The zero-order valence-corrected chi connectivity index (χ0v) is 6.30. The van der Waals surface area contributed by atoms with Crippen LogP contribution in [0.3, 0.4) is 0 Å². The molecule has 60 valence electrons. The van der Waals surface area contributed by atoms with E-state index >= 15 is 0 Å². The first-order valence-corrected chi connectivity index (χ1v) is 4.07. The lowest BCUT2D eigenvalue weighted by Gasteiger charge is -2.22. The van der Waals surface area contributed by atoms with Crippen molar-refractivity contribution < 1.29 is 9.59 Å². The fourth-order valence-electron chi connectivity index (χ4n) is 1.97. The summed E-state index contributed by atoms with van der Waals surface area (Å²) in [6.45, 7) is 0.968. The molecule has 1 N–H and O–H groups in total. The number of carbonyl (C=O) groups is 2. The molecule has 0 amide bonds. The van der Waals surface area contributed by atoms with E-state index in [1.54, 1.807) is 0 Å². The highest BCUT2D eigenvalue weighted by molar-refractivity contribution is 6.38. The average molecular weight is 153 g/mol. The predicted molar refractivity (Wildman–Crippen MR) is 39.1 cm³/mol. The average Bonchev–Trinajstić information content (AvgIpc) is 2.36. The number of ketones is 2. The Morgan fingerprint density at radius 2 is 1.91 bits per heavy atom. The van der Waals surface area contributed by atoms with Crippen LogP contribution in [0.5, 0.6) is 0 Å². The maximum atomic E-state index is 11.0. The van der Waals surface area contributed by atoms with Crippen molar-refractivity contribution in [1.29, 1.82) is 0 Å². The van der Waals surface area contributed by atoms with Gasteiger partial charge in [-0.05, 0) is 18.9 Å². The smallest absolute Gasteiger partial charge is 0.199 e. The number of hydrogen-bond donors (Lipinski definition) is 1. The third-order valence-electron chi connectivity index (χ3n) is 2.65. The molecule has 11 heavy (non-hydrogen) atoms. The minimum absolute atomic E-state index is 0.157. The lowest BCUT2D eigenvalue weighted by molar-refractivity contribution is -0.139. The summed E-state index contributed by atoms with van der Waals surface area (Å²) in [6.07, 6.45) is 1.98. The summed E-state index contributed by atoms with van der Waals surface area (Å²) in [5.41, 5.74) is 0. The van der Waals surface area contributed by atoms with Crippen LogP contribution in [-0.2, 0) is 9.59 Å². The summed E-state index contributed by atoms with van der Waals surface area (Å²) in [5.74, 6) is 0.107. The molecule has 3 heteroatoms. The molecule has 2 aliphatic rings. The van der Waals surface area contributed by atoms with E-state index < -0.39 is 0 Å². The monoisotopic (exact) mass is 153 g/mol. The molecule has 0 aromatic heterocycles. The Labute approximate surface area is 65.2 Å². The largest absolute Gasteiger partial charge is 0.313 e. The third kappa shape index (κ3) is 1.09. The van der Waals surface area contributed by atoms with Crippen molar-refractivity contribution in [1.82, 2.24) is 5.32 Å². The van der Waals surface area contributed by atoms with Crippen molar-refractivity contribution in [2.45, 2.75) is 25.3 Å². The van der Waals surface area contributed by atoms with Gasteiger partial charge in [-0.1, -0.05) is 0 Å². The number of rotatable bonds is 0. The maximum absolute atomic E-state index is 11.0. The van der Waals surface area contributed by atoms with Crippen LogP contribution in [-0.4, -0.2) is 24.2 Å². The second-order valence-electron chi connectivity index (χ2n) is 3.36. The van der Waals surface area contributed by atoms with Gasteiger partial charge in [0.05, 0.1) is 0 Å². The molecule has 0 spiro atoms. The van der Waals surface area contributed by atoms with Crippen LogP contribution in [0, 0.1) is 5.92 Å². The zero-order valence-electron chi connectivity index (χ0n) is 6.30. The highest BCUT2D eigenvalue weighted by Crippen LogP contribution is 2.26. The number of carbonyl (C=O) groups excluding carboxylic acids is 2. The summed E-state index contributed by atoms with van der Waals surface area (Å²) in [7, 11) is 0. The second kappa shape index (κ2) is 2.41. The van der Waals surface area contributed by atoms with Crippen LogP contribution >= 0.6 is 0 Å². The quantitative estimate of drug-likeness (QED) is 0.494. The Balaban J connectivity index is 2.12. The molecule has 0 bridgehead atoms. The van der Waals surface area contributed by atoms with Crippen molar-refractivity contribution in [2.24, 2.45) is 5.92 Å². The van der Waals surface area contributed by atoms with Crippen molar-refractivity contribution in [3.05, 3.63) is 0 Å². The van der Waals surface area contributed by atoms with Gasteiger partial charge in [-0.3, -0.25) is 9.59 Å². The first-order chi connectivity index (χ1) is 5.27. The normalized spacial score (nSPS) is 37.5. The number of Topliss-reactive ketones (excluding diaryl/α,β-unsaturated/α-hetero) is 2. The summed E-state index contributed by atoms with van der Waals surface area (Å²) < 4.78 is 0. The van der Waals surface area contributed by atoms with Crippen LogP contribution in [0.15, 0.2) is 0 Å². The molecule has 2 unspecified atom stereocenters. The zero-order chi connectivity index (χ0) is 7.84. The Morgan fingerprint density at radius 3 is 2.73 bits per heavy atom. The molecule has 1 saturated carbocycles. The lowest BCUT2D eigenvalue weighted by Crippen LogP contribution is -2.38. The third-order valence-corrected chi connectivity index (χ3v) is 2.65. The van der Waals surface area contributed by atoms with Gasteiger partial charge < -0.3 is 5.32 Å². The molecule has 0 aromatic carbocycles. The Hall–Kier alpha value is -0.700. The van der Waals surface area contributed by atoms with E-state index in [1.165, 1.54) is 0 Å². The van der Waals surface area contributed by atoms with Gasteiger partial charge in [-0.2, -0.15) is 0 Å². The van der Waals surface area contributed by atoms with E-state index in [0.717, 1.165) is 13.0 Å². The highest BCUT2D eigenvalue weighted by Gasteiger charge is 2.37. The number of nitrogens with one attached hydrogen (secondary N) is 1. The van der Waals surface area contributed by atoms with Gasteiger partial charge in [0.25, 0.3) is 0 Å². The van der Waals surface area contributed by atoms with Gasteiger partial charge in [0.2, 0.25) is 0 Å². The first kappa shape index (κ1) is 6.98. The van der Waals surface area contributed by atoms with Crippen LogP contribution in [0.25, 0.3) is 0 Å². The molecule has 2 atom stereocenters. The number of hydrogen-bond acceptors (Lipinski definition) is 3. The lowest BCUT2D eigenvalue weighted by atomic mass is 9.84. The summed E-state index contributed by atoms with van der Waals surface area (Å²) >= 11 is 0. The topological polar surface area (TPSA) is 46.2 Å². The molecule has 1 heterocycles. The van der Waals surface area contributed by atoms with E-state index in [2.05, 4.69) is 5.32 Å². The summed E-state index contributed by atoms with van der Waals surface area (Å²) in [6, 6.07) is 0.306. The molecule has 2 rings (SSSR count). The van der Waals surface area contributed by atoms with Gasteiger partial charge in [0.1, 0.15) is 0 Å². The van der Waals surface area contributed by atoms with E-state index in [1.807, 2.05) is 0 Å². The van der Waals surface area contributed by atoms with Crippen molar-refractivity contribution in [2.75, 3.05) is 6.54 Å². The van der Waals surface area contributed by atoms with Crippen molar-refractivity contribution >= 4 is 11.6 Å². The van der Waals surface area contributed by atoms with Crippen LogP contribution in [0.2, 0.25) is 0 Å². The van der Waals surface area contributed by atoms with E-state index in [0.29, 0.717) is 24.8 Å². The van der Waals surface area contributed by atoms with Crippen LogP contribution in [0.4, 0.5) is 0 Å². The van der Waals surface area contributed by atoms with Crippen molar-refractivity contribution in [3.8, 4) is 0 Å². The van der Waals surface area contributed by atoms with E-state index in [4.69, 9.17) is 0 Å². The van der Waals surface area contributed by atoms with Gasteiger partial charge in [-0.15, -0.1) is 0 Å². The Morgan fingerprint density at radius 1 is 1.18 bits per heavy atom. The number of fused-ring (bicyclic) bond motifs is 1. The fraction of sp³-hybridized carbons (Fsp3) is 0.750. The maximum Gasteiger partial charge on any atom is 0.199 e. The summed E-state index contributed by atoms with van der Waals surface area (Å²) in [5, 5.41) is 3.24.